The standard InChI is InChI=1S/C18H26N2O2/c19-18(21)15-4-2-1-3-5-16(15)20-10-8-13-6-7-17-14(12-13)9-11-22-17/h6-7,12,15-16,20H,1-5,8-11H2,(H2,19,21)/t15-,16+/m1/s1. The van der Waals surface area contributed by atoms with Crippen LogP contribution in [0.5, 0.6) is 5.75 Å². The molecule has 3 rings (SSSR count). The molecule has 1 fully saturated rings. The summed E-state index contributed by atoms with van der Waals surface area (Å²) in [4.78, 5) is 11.6. The molecule has 2 aliphatic rings. The van der Waals surface area contributed by atoms with Gasteiger partial charge in [-0.15, -0.1) is 0 Å². The number of nitrogens with two attached hydrogens (primary N) is 1. The first-order valence-corrected chi connectivity index (χ1v) is 8.51. The molecule has 1 saturated carbocycles. The number of rotatable bonds is 5. The van der Waals surface area contributed by atoms with Crippen molar-refractivity contribution >= 4 is 5.91 Å². The van der Waals surface area contributed by atoms with Crippen molar-refractivity contribution < 1.29 is 9.53 Å². The fourth-order valence-electron chi connectivity index (χ4n) is 3.69. The molecular formula is C18H26N2O2. The number of hydrogen-bond donors (Lipinski definition) is 2. The Morgan fingerprint density at radius 2 is 2.14 bits per heavy atom. The largest absolute Gasteiger partial charge is 0.493 e. The second-order valence-corrected chi connectivity index (χ2v) is 6.50. The number of benzene rings is 1. The number of amides is 1. The summed E-state index contributed by atoms with van der Waals surface area (Å²) >= 11 is 0. The van der Waals surface area contributed by atoms with E-state index >= 15 is 0 Å². The maximum Gasteiger partial charge on any atom is 0.222 e. The van der Waals surface area contributed by atoms with Gasteiger partial charge in [0.25, 0.3) is 0 Å². The van der Waals surface area contributed by atoms with Crippen molar-refractivity contribution in [2.75, 3.05) is 13.2 Å². The minimum Gasteiger partial charge on any atom is -0.493 e. The molecule has 0 aromatic heterocycles. The molecule has 0 bridgehead atoms. The molecule has 1 aromatic rings. The molecule has 0 saturated heterocycles. The molecule has 4 heteroatoms. The predicted molar refractivity (Wildman–Crippen MR) is 86.9 cm³/mol. The summed E-state index contributed by atoms with van der Waals surface area (Å²) in [5, 5.41) is 3.58. The van der Waals surface area contributed by atoms with E-state index in [9.17, 15) is 4.79 Å². The molecule has 1 aromatic carbocycles. The van der Waals surface area contributed by atoms with Crippen molar-refractivity contribution in [3.8, 4) is 5.75 Å². The maximum atomic E-state index is 11.6. The zero-order chi connectivity index (χ0) is 15.4. The number of hydrogen-bond acceptors (Lipinski definition) is 3. The number of nitrogens with one attached hydrogen (secondary N) is 1. The normalized spacial score (nSPS) is 24.4. The summed E-state index contributed by atoms with van der Waals surface area (Å²) in [6.45, 7) is 1.70. The molecule has 22 heavy (non-hydrogen) atoms. The lowest BCUT2D eigenvalue weighted by molar-refractivity contribution is -0.122. The minimum absolute atomic E-state index is 0.00378. The fraction of sp³-hybridized carbons (Fsp3) is 0.611. The van der Waals surface area contributed by atoms with Crippen LogP contribution in [0.15, 0.2) is 18.2 Å². The van der Waals surface area contributed by atoms with Gasteiger partial charge in [-0.3, -0.25) is 4.79 Å². The monoisotopic (exact) mass is 302 g/mol. The van der Waals surface area contributed by atoms with E-state index in [2.05, 4.69) is 23.5 Å². The Bertz CT molecular complexity index is 530. The van der Waals surface area contributed by atoms with Crippen LogP contribution in [0.3, 0.4) is 0 Å². The van der Waals surface area contributed by atoms with Crippen LogP contribution in [0.1, 0.15) is 43.2 Å². The van der Waals surface area contributed by atoms with Crippen LogP contribution < -0.4 is 15.8 Å². The Balaban J connectivity index is 1.54. The number of primary amides is 1. The summed E-state index contributed by atoms with van der Waals surface area (Å²) in [5.41, 5.74) is 8.23. The van der Waals surface area contributed by atoms with Gasteiger partial charge >= 0.3 is 0 Å². The molecule has 1 amide bonds. The first kappa shape index (κ1) is 15.3. The second kappa shape index (κ2) is 7.14. The van der Waals surface area contributed by atoms with Crippen LogP contribution in [0.4, 0.5) is 0 Å². The molecule has 1 aliphatic carbocycles. The average molecular weight is 302 g/mol. The third kappa shape index (κ3) is 3.61. The fourth-order valence-corrected chi connectivity index (χ4v) is 3.69. The molecule has 4 nitrogen and oxygen atoms in total. The van der Waals surface area contributed by atoms with E-state index in [4.69, 9.17) is 10.5 Å². The van der Waals surface area contributed by atoms with Gasteiger partial charge in [0, 0.05) is 12.5 Å². The first-order valence-electron chi connectivity index (χ1n) is 8.51. The maximum absolute atomic E-state index is 11.6. The van der Waals surface area contributed by atoms with E-state index in [1.54, 1.807) is 0 Å². The molecule has 1 heterocycles. The van der Waals surface area contributed by atoms with Crippen LogP contribution in [0.2, 0.25) is 0 Å². The Hall–Kier alpha value is -1.55. The Morgan fingerprint density at radius 3 is 3.00 bits per heavy atom. The Morgan fingerprint density at radius 1 is 1.27 bits per heavy atom. The molecule has 0 radical (unpaired) electrons. The van der Waals surface area contributed by atoms with Crippen LogP contribution in [-0.4, -0.2) is 25.1 Å². The van der Waals surface area contributed by atoms with E-state index in [0.717, 1.165) is 51.0 Å². The van der Waals surface area contributed by atoms with Gasteiger partial charge in [0.05, 0.1) is 12.5 Å². The summed E-state index contributed by atoms with van der Waals surface area (Å²) < 4.78 is 5.54. The SMILES string of the molecule is NC(=O)[C@@H]1CCCCC[C@@H]1NCCc1ccc2c(c1)CCO2. The van der Waals surface area contributed by atoms with Gasteiger partial charge in [-0.1, -0.05) is 31.4 Å². The van der Waals surface area contributed by atoms with Crippen molar-refractivity contribution in [2.24, 2.45) is 11.7 Å². The van der Waals surface area contributed by atoms with Gasteiger partial charge in [0.1, 0.15) is 5.75 Å². The molecular weight excluding hydrogens is 276 g/mol. The van der Waals surface area contributed by atoms with Gasteiger partial charge in [-0.25, -0.2) is 0 Å². The van der Waals surface area contributed by atoms with Gasteiger partial charge in [-0.2, -0.15) is 0 Å². The third-order valence-corrected chi connectivity index (χ3v) is 4.96. The van der Waals surface area contributed by atoms with Gasteiger partial charge in [0.2, 0.25) is 5.91 Å². The molecule has 120 valence electrons. The highest BCUT2D eigenvalue weighted by molar-refractivity contribution is 5.77. The molecule has 1 aliphatic heterocycles. The highest BCUT2D eigenvalue weighted by Crippen LogP contribution is 2.26. The van der Waals surface area contributed by atoms with E-state index in [-0.39, 0.29) is 17.9 Å². The molecule has 0 spiro atoms. The van der Waals surface area contributed by atoms with E-state index in [1.165, 1.54) is 24.0 Å². The van der Waals surface area contributed by atoms with E-state index in [1.807, 2.05) is 0 Å². The van der Waals surface area contributed by atoms with Crippen LogP contribution in [0, 0.1) is 5.92 Å². The van der Waals surface area contributed by atoms with Crippen LogP contribution in [0.25, 0.3) is 0 Å². The highest BCUT2D eigenvalue weighted by atomic mass is 16.5. The quantitative estimate of drug-likeness (QED) is 0.820. The summed E-state index contributed by atoms with van der Waals surface area (Å²) in [5.74, 6) is 0.888. The number of carbonyl (C=O) groups excluding carboxylic acids is 1. The minimum atomic E-state index is -0.144. The lowest BCUT2D eigenvalue weighted by Gasteiger charge is -2.23. The zero-order valence-electron chi connectivity index (χ0n) is 13.1. The van der Waals surface area contributed by atoms with E-state index in [0.29, 0.717) is 0 Å². The van der Waals surface area contributed by atoms with Gasteiger partial charge in [0.15, 0.2) is 0 Å². The lowest BCUT2D eigenvalue weighted by Crippen LogP contribution is -2.42. The van der Waals surface area contributed by atoms with Crippen molar-refractivity contribution in [1.29, 1.82) is 0 Å². The zero-order valence-corrected chi connectivity index (χ0v) is 13.1. The smallest absolute Gasteiger partial charge is 0.222 e. The van der Waals surface area contributed by atoms with Crippen molar-refractivity contribution in [1.82, 2.24) is 5.32 Å². The number of carbonyl (C=O) groups is 1. The third-order valence-electron chi connectivity index (χ3n) is 4.96. The van der Waals surface area contributed by atoms with Crippen LogP contribution >= 0.6 is 0 Å². The lowest BCUT2D eigenvalue weighted by atomic mass is 9.94. The van der Waals surface area contributed by atoms with E-state index < -0.39 is 0 Å². The van der Waals surface area contributed by atoms with Crippen molar-refractivity contribution in [3.63, 3.8) is 0 Å². The first-order chi connectivity index (χ1) is 10.7. The number of fused-ring (bicyclic) bond motifs is 1. The highest BCUT2D eigenvalue weighted by Gasteiger charge is 2.27. The Kier molecular flexibility index (Phi) is 4.98. The average Bonchev–Trinajstić information content (AvgIpc) is 2.84. The Labute approximate surface area is 132 Å². The second-order valence-electron chi connectivity index (χ2n) is 6.50. The van der Waals surface area contributed by atoms with Gasteiger partial charge in [-0.05, 0) is 43.0 Å². The van der Waals surface area contributed by atoms with Gasteiger partial charge < -0.3 is 15.8 Å². The summed E-state index contributed by atoms with van der Waals surface area (Å²) in [7, 11) is 0. The summed E-state index contributed by atoms with van der Waals surface area (Å²) in [6.07, 6.45) is 7.52. The summed E-state index contributed by atoms with van der Waals surface area (Å²) in [6, 6.07) is 6.72. The molecule has 3 N–H and O–H groups in total. The van der Waals surface area contributed by atoms with Crippen LogP contribution in [-0.2, 0) is 17.6 Å². The van der Waals surface area contributed by atoms with Crippen molar-refractivity contribution in [2.45, 2.75) is 51.0 Å². The predicted octanol–water partition coefficient (Wildman–Crippen LogP) is 2.19. The topological polar surface area (TPSA) is 64.4 Å². The molecule has 2 atom stereocenters. The number of ether oxygens (including phenoxy) is 1. The van der Waals surface area contributed by atoms with Crippen molar-refractivity contribution in [3.05, 3.63) is 29.3 Å². The molecule has 0 unspecified atom stereocenters.